The predicted octanol–water partition coefficient (Wildman–Crippen LogP) is 4.18. The van der Waals surface area contributed by atoms with Gasteiger partial charge in [0.05, 0.1) is 16.3 Å². The van der Waals surface area contributed by atoms with E-state index in [1.54, 1.807) is 23.2 Å². The molecule has 0 aliphatic carbocycles. The van der Waals surface area contributed by atoms with Gasteiger partial charge < -0.3 is 4.98 Å². The molecule has 3 aromatic rings. The molecule has 1 aliphatic rings. The van der Waals surface area contributed by atoms with Crippen LogP contribution in [0.4, 0.5) is 11.4 Å². The molecule has 0 unspecified atom stereocenters. The first-order chi connectivity index (χ1) is 13.2. The summed E-state index contributed by atoms with van der Waals surface area (Å²) in [5, 5.41) is 0.591. The molecule has 0 saturated carbocycles. The zero-order chi connectivity index (χ0) is 18.6. The van der Waals surface area contributed by atoms with Crippen molar-refractivity contribution in [3.63, 3.8) is 0 Å². The Morgan fingerprint density at radius 1 is 0.889 bits per heavy atom. The number of benzene rings is 2. The minimum atomic E-state index is -0.181. The summed E-state index contributed by atoms with van der Waals surface area (Å²) in [6.07, 6.45) is 3.34. The van der Waals surface area contributed by atoms with Crippen LogP contribution in [0.15, 0.2) is 93.7 Å². The van der Waals surface area contributed by atoms with Gasteiger partial charge in [-0.3, -0.25) is 14.5 Å². The fourth-order valence-corrected chi connectivity index (χ4v) is 3.63. The Hall–Kier alpha value is -3.38. The molecule has 0 radical (unpaired) electrons. The highest BCUT2D eigenvalue weighted by atomic mass is 32.2. The number of amidine groups is 1. The number of aromatic amines is 1. The number of rotatable bonds is 3. The maximum atomic E-state index is 13.1. The number of thioether (sulfide) groups is 1. The number of pyridine rings is 1. The van der Waals surface area contributed by atoms with Gasteiger partial charge in [-0.25, -0.2) is 4.99 Å². The van der Waals surface area contributed by atoms with E-state index in [0.29, 0.717) is 10.1 Å². The van der Waals surface area contributed by atoms with E-state index >= 15 is 0 Å². The van der Waals surface area contributed by atoms with Gasteiger partial charge in [0.25, 0.3) is 5.91 Å². The van der Waals surface area contributed by atoms with Crippen LogP contribution in [0.5, 0.6) is 0 Å². The molecule has 1 fully saturated rings. The van der Waals surface area contributed by atoms with Crippen molar-refractivity contribution in [1.82, 2.24) is 4.98 Å². The van der Waals surface area contributed by atoms with E-state index in [4.69, 9.17) is 0 Å². The Kier molecular flexibility index (Phi) is 4.72. The van der Waals surface area contributed by atoms with Crippen molar-refractivity contribution in [1.29, 1.82) is 0 Å². The van der Waals surface area contributed by atoms with Crippen molar-refractivity contribution >= 4 is 40.3 Å². The van der Waals surface area contributed by atoms with Crippen LogP contribution in [0.1, 0.15) is 5.56 Å². The Labute approximate surface area is 160 Å². The summed E-state index contributed by atoms with van der Waals surface area (Å²) < 4.78 is 0. The molecule has 1 aromatic heterocycles. The molecule has 2 heterocycles. The summed E-state index contributed by atoms with van der Waals surface area (Å²) in [4.78, 5) is 33.7. The number of nitrogens with one attached hydrogen (secondary N) is 1. The van der Waals surface area contributed by atoms with Crippen molar-refractivity contribution in [3.8, 4) is 0 Å². The van der Waals surface area contributed by atoms with Gasteiger partial charge in [-0.05, 0) is 53.7 Å². The van der Waals surface area contributed by atoms with Crippen molar-refractivity contribution < 1.29 is 4.79 Å². The monoisotopic (exact) mass is 373 g/mol. The molecule has 0 bridgehead atoms. The van der Waals surface area contributed by atoms with Crippen LogP contribution in [0.3, 0.4) is 0 Å². The number of H-pyrrole nitrogens is 1. The normalized spacial score (nSPS) is 17.0. The van der Waals surface area contributed by atoms with Crippen molar-refractivity contribution in [2.45, 2.75) is 0 Å². The van der Waals surface area contributed by atoms with E-state index < -0.39 is 0 Å². The smallest absolute Gasteiger partial charge is 0.271 e. The predicted molar refractivity (Wildman–Crippen MR) is 110 cm³/mol. The first-order valence-electron chi connectivity index (χ1n) is 8.32. The Morgan fingerprint density at radius 3 is 2.26 bits per heavy atom. The maximum absolute atomic E-state index is 13.1. The van der Waals surface area contributed by atoms with E-state index in [1.807, 2.05) is 60.7 Å². The molecule has 1 saturated heterocycles. The lowest BCUT2D eigenvalue weighted by atomic mass is 10.2. The standard InChI is InChI=1S/C21H15N3O2S/c25-19-12-11-15(14-22-19)13-18-20(26)24(17-9-5-2-6-10-17)21(27-18)23-16-7-3-1-4-8-16/h1-14H,(H,22,25)/b18-13-,23-21?. The highest BCUT2D eigenvalue weighted by Gasteiger charge is 2.34. The number of para-hydroxylation sites is 2. The summed E-state index contributed by atoms with van der Waals surface area (Å²) in [7, 11) is 0. The lowest BCUT2D eigenvalue weighted by molar-refractivity contribution is -0.113. The average molecular weight is 373 g/mol. The number of aromatic nitrogens is 1. The van der Waals surface area contributed by atoms with E-state index in [2.05, 4.69) is 9.98 Å². The molecule has 1 aliphatic heterocycles. The first kappa shape index (κ1) is 17.1. The number of carbonyl (C=O) groups is 1. The number of aliphatic imine (C=N–C) groups is 1. The number of nitrogens with zero attached hydrogens (tertiary/aromatic N) is 2. The summed E-state index contributed by atoms with van der Waals surface area (Å²) in [6.45, 7) is 0. The van der Waals surface area contributed by atoms with Crippen molar-refractivity contribution in [3.05, 3.63) is 99.8 Å². The van der Waals surface area contributed by atoms with Crippen molar-refractivity contribution in [2.75, 3.05) is 4.90 Å². The third-order valence-electron chi connectivity index (χ3n) is 3.91. The lowest BCUT2D eigenvalue weighted by Crippen LogP contribution is -2.28. The molecule has 4 rings (SSSR count). The van der Waals surface area contributed by atoms with E-state index in [9.17, 15) is 9.59 Å². The highest BCUT2D eigenvalue weighted by molar-refractivity contribution is 8.19. The summed E-state index contributed by atoms with van der Waals surface area (Å²) in [5.41, 5.74) is 2.10. The van der Waals surface area contributed by atoms with Gasteiger partial charge >= 0.3 is 0 Å². The average Bonchev–Trinajstić information content (AvgIpc) is 3.00. The Bertz CT molecular complexity index is 1070. The lowest BCUT2D eigenvalue weighted by Gasteiger charge is -2.15. The Morgan fingerprint density at radius 2 is 1.59 bits per heavy atom. The van der Waals surface area contributed by atoms with Crippen LogP contribution in [0.25, 0.3) is 6.08 Å². The van der Waals surface area contributed by atoms with Crippen LogP contribution < -0.4 is 10.5 Å². The summed E-state index contributed by atoms with van der Waals surface area (Å²) in [6, 6.07) is 22.1. The van der Waals surface area contributed by atoms with Crippen LogP contribution in [-0.4, -0.2) is 16.1 Å². The molecule has 5 nitrogen and oxygen atoms in total. The zero-order valence-electron chi connectivity index (χ0n) is 14.2. The number of hydrogen-bond acceptors (Lipinski definition) is 4. The third-order valence-corrected chi connectivity index (χ3v) is 4.88. The minimum absolute atomic E-state index is 0.146. The minimum Gasteiger partial charge on any atom is -0.329 e. The van der Waals surface area contributed by atoms with Gasteiger partial charge in [-0.15, -0.1) is 0 Å². The summed E-state index contributed by atoms with van der Waals surface area (Å²) in [5.74, 6) is -0.146. The van der Waals surface area contributed by atoms with Crippen LogP contribution in [0.2, 0.25) is 0 Å². The molecule has 0 spiro atoms. The maximum Gasteiger partial charge on any atom is 0.271 e. The SMILES string of the molecule is O=C1/C(=C/c2ccc(=O)[nH]c2)SC(=Nc2ccccc2)N1c1ccccc1. The van der Waals surface area contributed by atoms with Crippen LogP contribution in [-0.2, 0) is 4.79 Å². The number of carbonyl (C=O) groups excluding carboxylic acids is 1. The Balaban J connectivity index is 1.77. The quantitative estimate of drug-likeness (QED) is 0.700. The highest BCUT2D eigenvalue weighted by Crippen LogP contribution is 2.37. The van der Waals surface area contributed by atoms with Gasteiger partial charge in [-0.1, -0.05) is 36.4 Å². The second kappa shape index (κ2) is 7.47. The second-order valence-corrected chi connectivity index (χ2v) is 6.81. The molecule has 1 N–H and O–H groups in total. The number of anilines is 1. The first-order valence-corrected chi connectivity index (χ1v) is 9.14. The fraction of sp³-hybridized carbons (Fsp3) is 0. The number of hydrogen-bond donors (Lipinski definition) is 1. The topological polar surface area (TPSA) is 65.5 Å². The molecule has 1 amide bonds. The van der Waals surface area contributed by atoms with E-state index in [-0.39, 0.29) is 11.5 Å². The number of amides is 1. The zero-order valence-corrected chi connectivity index (χ0v) is 15.0. The molecular weight excluding hydrogens is 358 g/mol. The second-order valence-electron chi connectivity index (χ2n) is 5.80. The van der Waals surface area contributed by atoms with Gasteiger partial charge in [0.1, 0.15) is 0 Å². The molecule has 0 atom stereocenters. The van der Waals surface area contributed by atoms with Gasteiger partial charge in [-0.2, -0.15) is 0 Å². The molecular formula is C21H15N3O2S. The van der Waals surface area contributed by atoms with E-state index in [1.165, 1.54) is 17.8 Å². The molecule has 132 valence electrons. The molecule has 2 aromatic carbocycles. The largest absolute Gasteiger partial charge is 0.329 e. The fourth-order valence-electron chi connectivity index (χ4n) is 2.63. The molecule has 6 heteroatoms. The summed E-state index contributed by atoms with van der Waals surface area (Å²) >= 11 is 1.31. The van der Waals surface area contributed by atoms with Crippen LogP contribution in [0, 0.1) is 0 Å². The van der Waals surface area contributed by atoms with Crippen molar-refractivity contribution in [2.24, 2.45) is 4.99 Å². The van der Waals surface area contributed by atoms with Crippen LogP contribution >= 0.6 is 11.8 Å². The third kappa shape index (κ3) is 3.75. The van der Waals surface area contributed by atoms with Gasteiger partial charge in [0, 0.05) is 12.3 Å². The van der Waals surface area contributed by atoms with E-state index in [0.717, 1.165) is 16.9 Å². The molecule has 27 heavy (non-hydrogen) atoms. The van der Waals surface area contributed by atoms with Gasteiger partial charge in [0.15, 0.2) is 5.17 Å². The van der Waals surface area contributed by atoms with Gasteiger partial charge in [0.2, 0.25) is 5.56 Å².